The maximum Gasteiger partial charge on any atom is 0.453 e. The quantitative estimate of drug-likeness (QED) is 0.257. The van der Waals surface area contributed by atoms with Gasteiger partial charge < -0.3 is 4.74 Å². The first-order valence-electron chi connectivity index (χ1n) is 9.91. The van der Waals surface area contributed by atoms with Gasteiger partial charge in [0.2, 0.25) is 0 Å². The molecular formula is C17H27F5N2O5S. The largest absolute Gasteiger partial charge is 0.453 e. The molecule has 2 rings (SSSR count). The van der Waals surface area contributed by atoms with Crippen molar-refractivity contribution in [2.45, 2.75) is 63.5 Å². The minimum absolute atomic E-state index is 0.0192. The summed E-state index contributed by atoms with van der Waals surface area (Å²) in [6, 6.07) is 0. The number of unbranched alkanes of at least 4 members (excludes halogenated alkanes) is 1. The number of carbonyl (C=O) groups excluding carboxylic acids is 1. The highest BCUT2D eigenvalue weighted by molar-refractivity contribution is 7.87. The minimum Gasteiger partial charge on any atom is -0.381 e. The van der Waals surface area contributed by atoms with Gasteiger partial charge in [-0.2, -0.15) is 34.7 Å². The van der Waals surface area contributed by atoms with Gasteiger partial charge in [-0.05, 0) is 38.0 Å². The summed E-state index contributed by atoms with van der Waals surface area (Å²) in [5, 5.41) is 9.98. The van der Waals surface area contributed by atoms with Crippen LogP contribution in [0, 0.1) is 11.8 Å². The third-order valence-electron chi connectivity index (χ3n) is 5.65. The van der Waals surface area contributed by atoms with Gasteiger partial charge in [0.25, 0.3) is 5.91 Å². The summed E-state index contributed by atoms with van der Waals surface area (Å²) >= 11 is 0. The van der Waals surface area contributed by atoms with Crippen LogP contribution in [0.15, 0.2) is 0 Å². The Balaban J connectivity index is 1.77. The van der Waals surface area contributed by atoms with Gasteiger partial charge in [-0.15, -0.1) is 0 Å². The molecule has 0 spiro atoms. The summed E-state index contributed by atoms with van der Waals surface area (Å²) < 4.78 is 93.1. The molecule has 0 bridgehead atoms. The van der Waals surface area contributed by atoms with Gasteiger partial charge in [0.1, 0.15) is 0 Å². The molecule has 2 saturated heterocycles. The summed E-state index contributed by atoms with van der Waals surface area (Å²) in [5.41, 5.74) is 0. The first-order chi connectivity index (χ1) is 13.9. The monoisotopic (exact) mass is 466 g/mol. The molecule has 0 aromatic carbocycles. The zero-order chi connectivity index (χ0) is 22.6. The van der Waals surface area contributed by atoms with Crippen molar-refractivity contribution in [3.63, 3.8) is 0 Å². The van der Waals surface area contributed by atoms with Crippen LogP contribution in [0.4, 0.5) is 22.0 Å². The van der Waals surface area contributed by atoms with E-state index in [1.165, 1.54) is 0 Å². The second-order valence-electron chi connectivity index (χ2n) is 7.77. The van der Waals surface area contributed by atoms with E-state index in [-0.39, 0.29) is 36.3 Å². The lowest BCUT2D eigenvalue weighted by atomic mass is 9.92. The summed E-state index contributed by atoms with van der Waals surface area (Å²) in [7, 11) is -4.39. The van der Waals surface area contributed by atoms with Crippen LogP contribution in [0.25, 0.3) is 0 Å². The Kier molecular flexibility index (Phi) is 8.44. The fourth-order valence-electron chi connectivity index (χ4n) is 3.67. The Hall–Kier alpha value is -1.05. The number of rotatable bonds is 8. The van der Waals surface area contributed by atoms with Gasteiger partial charge in [-0.3, -0.25) is 10.0 Å². The zero-order valence-corrected chi connectivity index (χ0v) is 17.2. The molecule has 0 radical (unpaired) electrons. The van der Waals surface area contributed by atoms with Gasteiger partial charge in [0.15, 0.2) is 0 Å². The number of alkyl halides is 5. The molecule has 0 unspecified atom stereocenters. The first-order valence-corrected chi connectivity index (χ1v) is 11.3. The molecule has 1 amide bonds. The predicted octanol–water partition coefficient (Wildman–Crippen LogP) is 3.35. The first kappa shape index (κ1) is 25.2. The number of amides is 1. The van der Waals surface area contributed by atoms with Gasteiger partial charge in [0, 0.05) is 38.6 Å². The molecule has 2 aliphatic rings. The number of hydroxylamine groups is 1. The van der Waals surface area contributed by atoms with E-state index in [0.29, 0.717) is 45.3 Å². The molecule has 2 aliphatic heterocycles. The average Bonchev–Trinajstić information content (AvgIpc) is 2.70. The molecule has 176 valence electrons. The lowest BCUT2D eigenvalue weighted by molar-refractivity contribution is -0.284. The number of hydrogen-bond donors (Lipinski definition) is 1. The van der Waals surface area contributed by atoms with E-state index >= 15 is 0 Å². The molecule has 0 aromatic heterocycles. The fourth-order valence-corrected chi connectivity index (χ4v) is 4.94. The zero-order valence-electron chi connectivity index (χ0n) is 16.4. The van der Waals surface area contributed by atoms with Crippen molar-refractivity contribution >= 4 is 16.1 Å². The van der Waals surface area contributed by atoms with Gasteiger partial charge in [-0.1, -0.05) is 17.3 Å². The highest BCUT2D eigenvalue weighted by Crippen LogP contribution is 2.39. The van der Waals surface area contributed by atoms with E-state index in [1.807, 2.05) is 0 Å². The van der Waals surface area contributed by atoms with Crippen LogP contribution in [0.1, 0.15) is 51.4 Å². The van der Waals surface area contributed by atoms with Crippen molar-refractivity contribution in [1.29, 1.82) is 0 Å². The van der Waals surface area contributed by atoms with Gasteiger partial charge >= 0.3 is 22.3 Å². The van der Waals surface area contributed by atoms with Crippen LogP contribution in [-0.4, -0.2) is 66.7 Å². The SMILES string of the molecule is O=C(C1CCOCC1)N(O)S(=O)(=O)N1CCC(CCCCC(F)(F)C(F)(F)F)CC1. The Morgan fingerprint density at radius 1 is 1.03 bits per heavy atom. The van der Waals surface area contributed by atoms with Crippen molar-refractivity contribution in [2.24, 2.45) is 11.8 Å². The summed E-state index contributed by atoms with van der Waals surface area (Å²) in [4.78, 5) is 12.3. The molecule has 0 aromatic rings. The van der Waals surface area contributed by atoms with Crippen LogP contribution >= 0.6 is 0 Å². The van der Waals surface area contributed by atoms with E-state index in [1.54, 1.807) is 0 Å². The summed E-state index contributed by atoms with van der Waals surface area (Å²) in [6.07, 6.45) is -5.13. The molecule has 0 atom stereocenters. The molecule has 2 fully saturated rings. The predicted molar refractivity (Wildman–Crippen MR) is 94.9 cm³/mol. The third-order valence-corrected chi connectivity index (χ3v) is 7.28. The molecule has 0 saturated carbocycles. The minimum atomic E-state index is -5.55. The van der Waals surface area contributed by atoms with E-state index in [2.05, 4.69) is 0 Å². The van der Waals surface area contributed by atoms with Crippen molar-refractivity contribution in [2.75, 3.05) is 26.3 Å². The van der Waals surface area contributed by atoms with Crippen LogP contribution in [0.2, 0.25) is 0 Å². The molecular weight excluding hydrogens is 439 g/mol. The van der Waals surface area contributed by atoms with Crippen LogP contribution in [0.5, 0.6) is 0 Å². The maximum absolute atomic E-state index is 12.9. The number of ether oxygens (including phenoxy) is 1. The van der Waals surface area contributed by atoms with Crippen molar-refractivity contribution in [3.8, 4) is 0 Å². The number of carbonyl (C=O) groups is 1. The molecule has 7 nitrogen and oxygen atoms in total. The number of hydrogen-bond acceptors (Lipinski definition) is 5. The molecule has 2 heterocycles. The van der Waals surface area contributed by atoms with Crippen molar-refractivity contribution in [3.05, 3.63) is 0 Å². The summed E-state index contributed by atoms with van der Waals surface area (Å²) in [5.74, 6) is -6.25. The Morgan fingerprint density at radius 3 is 2.13 bits per heavy atom. The second kappa shape index (κ2) is 10.0. The fraction of sp³-hybridized carbons (Fsp3) is 0.941. The molecule has 30 heavy (non-hydrogen) atoms. The van der Waals surface area contributed by atoms with Gasteiger partial charge in [0.05, 0.1) is 0 Å². The lowest BCUT2D eigenvalue weighted by Gasteiger charge is -2.34. The number of halogens is 5. The average molecular weight is 466 g/mol. The highest BCUT2D eigenvalue weighted by atomic mass is 32.2. The molecule has 1 N–H and O–H groups in total. The molecule has 13 heteroatoms. The second-order valence-corrected chi connectivity index (χ2v) is 9.52. The van der Waals surface area contributed by atoms with Crippen LogP contribution in [-0.2, 0) is 19.7 Å². The summed E-state index contributed by atoms with van der Waals surface area (Å²) in [6.45, 7) is 0.683. The Morgan fingerprint density at radius 2 is 1.60 bits per heavy atom. The smallest absolute Gasteiger partial charge is 0.381 e. The molecule has 0 aliphatic carbocycles. The maximum atomic E-state index is 12.9. The third kappa shape index (κ3) is 6.24. The number of piperidine rings is 1. The van der Waals surface area contributed by atoms with E-state index in [0.717, 1.165) is 4.31 Å². The van der Waals surface area contributed by atoms with E-state index in [9.17, 15) is 40.4 Å². The lowest BCUT2D eigenvalue weighted by Crippen LogP contribution is -2.50. The van der Waals surface area contributed by atoms with Crippen molar-refractivity contribution in [1.82, 2.24) is 8.77 Å². The highest BCUT2D eigenvalue weighted by Gasteiger charge is 2.56. The van der Waals surface area contributed by atoms with Crippen LogP contribution < -0.4 is 0 Å². The number of nitrogens with zero attached hydrogens (tertiary/aromatic N) is 2. The van der Waals surface area contributed by atoms with Crippen molar-refractivity contribution < 1.29 is 45.1 Å². The Bertz CT molecular complexity index is 675. The Labute approximate surface area is 172 Å². The normalized spacial score (nSPS) is 21.0. The van der Waals surface area contributed by atoms with E-state index in [4.69, 9.17) is 4.74 Å². The van der Waals surface area contributed by atoms with Crippen LogP contribution in [0.3, 0.4) is 0 Å². The van der Waals surface area contributed by atoms with E-state index < -0.39 is 40.6 Å². The topological polar surface area (TPSA) is 87.1 Å². The standard InChI is InChI=1S/C17H27F5N2O5S/c18-16(19,17(20,21)22)8-2-1-3-13-4-9-23(10-5-13)30(27,28)24(26)15(25)14-6-11-29-12-7-14/h13-14,26H,1-12H2. The van der Waals surface area contributed by atoms with Gasteiger partial charge in [-0.25, -0.2) is 0 Å².